The Morgan fingerprint density at radius 2 is 1.94 bits per heavy atom. The summed E-state index contributed by atoms with van der Waals surface area (Å²) in [6.45, 7) is 8.82. The number of rotatable bonds is 4. The van der Waals surface area contributed by atoms with Crippen molar-refractivity contribution in [1.29, 1.82) is 5.41 Å². The fourth-order valence-corrected chi connectivity index (χ4v) is 2.27. The van der Waals surface area contributed by atoms with Gasteiger partial charge in [-0.2, -0.15) is 0 Å². The molecular weight excluding hydrogens is 208 g/mol. The van der Waals surface area contributed by atoms with Crippen molar-refractivity contribution in [2.45, 2.75) is 40.0 Å². The molecule has 0 spiro atoms. The number of likely N-dealkylation sites (tertiary alicyclic amines) is 1. The first-order valence-electron chi connectivity index (χ1n) is 6.81. The molecule has 0 aromatic rings. The molecule has 17 heavy (non-hydrogen) atoms. The normalized spacial score (nSPS) is 18.7. The fourth-order valence-electron chi connectivity index (χ4n) is 2.27. The van der Waals surface area contributed by atoms with E-state index in [0.717, 1.165) is 31.3 Å². The highest BCUT2D eigenvalue weighted by Gasteiger charge is 2.21. The molecule has 1 rings (SSSR count). The molecule has 0 amide bonds. The first kappa shape index (κ1) is 14.0. The number of nitrogens with one attached hydrogen (secondary N) is 1. The van der Waals surface area contributed by atoms with Gasteiger partial charge in [0.15, 0.2) is 0 Å². The van der Waals surface area contributed by atoms with E-state index in [0.29, 0.717) is 5.84 Å². The fraction of sp³-hybridized carbons (Fsp3) is 0.667. The molecule has 1 N–H and O–H groups in total. The van der Waals surface area contributed by atoms with Crippen LogP contribution >= 0.6 is 0 Å². The minimum absolute atomic E-state index is 0.660. The summed E-state index contributed by atoms with van der Waals surface area (Å²) in [6, 6.07) is 0. The van der Waals surface area contributed by atoms with Gasteiger partial charge < -0.3 is 4.90 Å². The second-order valence-corrected chi connectivity index (χ2v) is 5.15. The standard InChI is InChI=1S/C15H26N2/c1-4-5-6-7-8-15(16)17-11-9-14(10-12-17)13(2)3/h5-8,13-14,16H,4,9-12H2,1-3H3/b6-5-,8-7-,16-15?. The van der Waals surface area contributed by atoms with Crippen molar-refractivity contribution in [3.63, 3.8) is 0 Å². The third kappa shape index (κ3) is 4.76. The summed E-state index contributed by atoms with van der Waals surface area (Å²) in [6.07, 6.45) is 11.5. The van der Waals surface area contributed by atoms with Crippen LogP contribution in [0.2, 0.25) is 0 Å². The van der Waals surface area contributed by atoms with Gasteiger partial charge in [0.1, 0.15) is 5.84 Å². The maximum absolute atomic E-state index is 8.00. The lowest BCUT2D eigenvalue weighted by Crippen LogP contribution is -2.38. The smallest absolute Gasteiger partial charge is 0.120 e. The number of amidine groups is 1. The number of hydrogen-bond donors (Lipinski definition) is 1. The van der Waals surface area contributed by atoms with Crippen molar-refractivity contribution in [2.75, 3.05) is 13.1 Å². The van der Waals surface area contributed by atoms with Crippen molar-refractivity contribution in [2.24, 2.45) is 11.8 Å². The second kappa shape index (κ2) is 7.31. The second-order valence-electron chi connectivity index (χ2n) is 5.15. The summed E-state index contributed by atoms with van der Waals surface area (Å²) in [5.41, 5.74) is 0. The van der Waals surface area contributed by atoms with E-state index in [4.69, 9.17) is 5.41 Å². The van der Waals surface area contributed by atoms with Crippen molar-refractivity contribution in [3.8, 4) is 0 Å². The number of allylic oxidation sites excluding steroid dienone is 3. The van der Waals surface area contributed by atoms with E-state index in [9.17, 15) is 0 Å². The third-order valence-corrected chi connectivity index (χ3v) is 3.56. The van der Waals surface area contributed by atoms with E-state index in [2.05, 4.69) is 31.7 Å². The molecule has 2 heteroatoms. The molecule has 0 atom stereocenters. The molecule has 1 fully saturated rings. The van der Waals surface area contributed by atoms with Crippen LogP contribution in [-0.2, 0) is 0 Å². The Morgan fingerprint density at radius 1 is 1.29 bits per heavy atom. The average Bonchev–Trinajstić information content (AvgIpc) is 2.34. The van der Waals surface area contributed by atoms with Crippen molar-refractivity contribution < 1.29 is 0 Å². The zero-order valence-electron chi connectivity index (χ0n) is 11.4. The summed E-state index contributed by atoms with van der Waals surface area (Å²) in [7, 11) is 0. The summed E-state index contributed by atoms with van der Waals surface area (Å²) in [5.74, 6) is 2.30. The van der Waals surface area contributed by atoms with E-state index in [1.807, 2.05) is 18.2 Å². The van der Waals surface area contributed by atoms with Gasteiger partial charge in [0.05, 0.1) is 0 Å². The zero-order valence-corrected chi connectivity index (χ0v) is 11.4. The minimum atomic E-state index is 0.660. The van der Waals surface area contributed by atoms with Crippen LogP contribution in [-0.4, -0.2) is 23.8 Å². The Morgan fingerprint density at radius 3 is 2.47 bits per heavy atom. The lowest BCUT2D eigenvalue weighted by molar-refractivity contribution is 0.220. The SMILES string of the molecule is CC/C=C\C=C/C(=N)N1CCC(C(C)C)CC1. The molecule has 0 unspecified atom stereocenters. The van der Waals surface area contributed by atoms with Crippen molar-refractivity contribution in [1.82, 2.24) is 4.90 Å². The topological polar surface area (TPSA) is 27.1 Å². The highest BCUT2D eigenvalue weighted by Crippen LogP contribution is 2.24. The molecule has 0 bridgehead atoms. The van der Waals surface area contributed by atoms with Crippen LogP contribution < -0.4 is 0 Å². The Balaban J connectivity index is 2.35. The van der Waals surface area contributed by atoms with Crippen LogP contribution in [0.1, 0.15) is 40.0 Å². The van der Waals surface area contributed by atoms with E-state index < -0.39 is 0 Å². The third-order valence-electron chi connectivity index (χ3n) is 3.56. The monoisotopic (exact) mass is 234 g/mol. The van der Waals surface area contributed by atoms with E-state index in [1.54, 1.807) is 0 Å². The Labute approximate surface area is 106 Å². The van der Waals surface area contributed by atoms with Gasteiger partial charge in [-0.05, 0) is 37.2 Å². The van der Waals surface area contributed by atoms with Gasteiger partial charge in [-0.25, -0.2) is 0 Å². The van der Waals surface area contributed by atoms with E-state index in [-0.39, 0.29) is 0 Å². The number of piperidine rings is 1. The molecule has 1 saturated heterocycles. The average molecular weight is 234 g/mol. The van der Waals surface area contributed by atoms with Crippen LogP contribution in [0.3, 0.4) is 0 Å². The first-order chi connectivity index (χ1) is 8.15. The maximum Gasteiger partial charge on any atom is 0.120 e. The molecule has 0 aromatic heterocycles. The predicted octanol–water partition coefficient (Wildman–Crippen LogP) is 3.85. The summed E-state index contributed by atoms with van der Waals surface area (Å²) < 4.78 is 0. The largest absolute Gasteiger partial charge is 0.357 e. The van der Waals surface area contributed by atoms with E-state index >= 15 is 0 Å². The molecule has 1 aliphatic heterocycles. The van der Waals surface area contributed by atoms with Crippen molar-refractivity contribution in [3.05, 3.63) is 24.3 Å². The van der Waals surface area contributed by atoms with Crippen LogP contribution in [0, 0.1) is 17.2 Å². The molecule has 96 valence electrons. The molecule has 1 heterocycles. The maximum atomic E-state index is 8.00. The molecule has 0 radical (unpaired) electrons. The zero-order chi connectivity index (χ0) is 12.7. The number of hydrogen-bond acceptors (Lipinski definition) is 1. The lowest BCUT2D eigenvalue weighted by atomic mass is 9.87. The van der Waals surface area contributed by atoms with Gasteiger partial charge in [0.2, 0.25) is 0 Å². The van der Waals surface area contributed by atoms with Crippen molar-refractivity contribution >= 4 is 5.84 Å². The first-order valence-corrected chi connectivity index (χ1v) is 6.81. The van der Waals surface area contributed by atoms with Gasteiger partial charge in [-0.1, -0.05) is 39.0 Å². The highest BCUT2D eigenvalue weighted by atomic mass is 15.2. The van der Waals surface area contributed by atoms with Crippen LogP contribution in [0.25, 0.3) is 0 Å². The number of nitrogens with zero attached hydrogens (tertiary/aromatic N) is 1. The summed E-state index contributed by atoms with van der Waals surface area (Å²) >= 11 is 0. The van der Waals surface area contributed by atoms with Crippen LogP contribution in [0.15, 0.2) is 24.3 Å². The highest BCUT2D eigenvalue weighted by molar-refractivity contribution is 5.90. The molecule has 1 aliphatic rings. The minimum Gasteiger partial charge on any atom is -0.357 e. The Hall–Kier alpha value is -1.05. The van der Waals surface area contributed by atoms with E-state index in [1.165, 1.54) is 12.8 Å². The van der Waals surface area contributed by atoms with Gasteiger partial charge >= 0.3 is 0 Å². The van der Waals surface area contributed by atoms with Gasteiger partial charge in [0.25, 0.3) is 0 Å². The molecule has 0 saturated carbocycles. The molecule has 0 aliphatic carbocycles. The lowest BCUT2D eigenvalue weighted by Gasteiger charge is -2.34. The molecular formula is C15H26N2. The molecule has 2 nitrogen and oxygen atoms in total. The van der Waals surface area contributed by atoms with Gasteiger partial charge in [-0.15, -0.1) is 0 Å². The van der Waals surface area contributed by atoms with Gasteiger partial charge in [0, 0.05) is 13.1 Å². The summed E-state index contributed by atoms with van der Waals surface area (Å²) in [4.78, 5) is 2.19. The summed E-state index contributed by atoms with van der Waals surface area (Å²) in [5, 5.41) is 8.00. The van der Waals surface area contributed by atoms with Crippen LogP contribution in [0.4, 0.5) is 0 Å². The quantitative estimate of drug-likeness (QED) is 0.446. The Kier molecular flexibility index (Phi) is 6.03. The predicted molar refractivity (Wildman–Crippen MR) is 75.4 cm³/mol. The Bertz CT molecular complexity index is 281. The molecule has 0 aromatic carbocycles. The van der Waals surface area contributed by atoms with Gasteiger partial charge in [-0.3, -0.25) is 5.41 Å². The van der Waals surface area contributed by atoms with Crippen LogP contribution in [0.5, 0.6) is 0 Å².